The molecular weight excluding hydrogens is 352 g/mol. The molecule has 21 heavy (non-hydrogen) atoms. The second kappa shape index (κ2) is 5.62. The molecule has 2 aromatic carbocycles. The topological polar surface area (TPSA) is 35.0 Å². The normalized spacial score (nSPS) is 10.9. The van der Waals surface area contributed by atoms with Crippen LogP contribution in [-0.4, -0.2) is 17.1 Å². The predicted molar refractivity (Wildman–Crippen MR) is 89.0 cm³/mol. The first-order chi connectivity index (χ1) is 10.1. The lowest BCUT2D eigenvalue weighted by molar-refractivity contribution is 0.416. The van der Waals surface area contributed by atoms with Crippen molar-refractivity contribution in [2.24, 2.45) is 0 Å². The number of aromatic nitrogens is 2. The van der Waals surface area contributed by atoms with Gasteiger partial charge in [-0.1, -0.05) is 39.7 Å². The number of benzene rings is 2. The number of aryl methyl sites for hydroxylation is 1. The third kappa shape index (κ3) is 2.61. The molecule has 0 atom stereocenters. The average Bonchev–Trinajstić information content (AvgIpc) is 2.48. The van der Waals surface area contributed by atoms with E-state index in [0.29, 0.717) is 11.0 Å². The van der Waals surface area contributed by atoms with E-state index in [-0.39, 0.29) is 0 Å². The third-order valence-electron chi connectivity index (χ3n) is 3.26. The molecule has 3 rings (SSSR count). The van der Waals surface area contributed by atoms with Gasteiger partial charge in [-0.25, -0.2) is 9.97 Å². The van der Waals surface area contributed by atoms with Crippen LogP contribution in [-0.2, 0) is 0 Å². The summed E-state index contributed by atoms with van der Waals surface area (Å²) in [5, 5.41) is 1.27. The highest BCUT2D eigenvalue weighted by atomic mass is 79.9. The van der Waals surface area contributed by atoms with E-state index in [1.807, 2.05) is 43.3 Å². The Morgan fingerprint density at radius 2 is 1.90 bits per heavy atom. The molecule has 0 aliphatic rings. The van der Waals surface area contributed by atoms with Gasteiger partial charge in [-0.2, -0.15) is 0 Å². The number of rotatable bonds is 2. The number of nitrogens with zero attached hydrogens (tertiary/aromatic N) is 2. The summed E-state index contributed by atoms with van der Waals surface area (Å²) in [6.45, 7) is 2.00. The molecule has 0 spiro atoms. The van der Waals surface area contributed by atoms with Gasteiger partial charge in [-0.05, 0) is 36.8 Å². The van der Waals surface area contributed by atoms with E-state index in [1.54, 1.807) is 7.11 Å². The number of ether oxygens (including phenoxy) is 1. The first kappa shape index (κ1) is 14.3. The summed E-state index contributed by atoms with van der Waals surface area (Å²) >= 11 is 9.81. The summed E-state index contributed by atoms with van der Waals surface area (Å²) in [6.07, 6.45) is 0. The highest BCUT2D eigenvalue weighted by Crippen LogP contribution is 2.32. The molecule has 3 aromatic rings. The minimum Gasteiger partial charge on any atom is -0.496 e. The van der Waals surface area contributed by atoms with Gasteiger partial charge >= 0.3 is 0 Å². The Hall–Kier alpha value is -1.65. The van der Waals surface area contributed by atoms with Gasteiger partial charge in [-0.15, -0.1) is 0 Å². The van der Waals surface area contributed by atoms with E-state index in [1.165, 1.54) is 0 Å². The predicted octanol–water partition coefficient (Wildman–Crippen LogP) is 5.03. The Kier molecular flexibility index (Phi) is 3.83. The standard InChI is InChI=1S/C16H12BrClN2O/c1-9-7-10(17)8-12-14(9)19-16(20-15(12)18)11-5-3-4-6-13(11)21-2/h3-8H,1-2H3. The largest absolute Gasteiger partial charge is 0.496 e. The third-order valence-corrected chi connectivity index (χ3v) is 4.00. The van der Waals surface area contributed by atoms with Crippen molar-refractivity contribution in [2.75, 3.05) is 7.11 Å². The zero-order valence-corrected chi connectivity index (χ0v) is 13.9. The van der Waals surface area contributed by atoms with Crippen LogP contribution >= 0.6 is 27.5 Å². The van der Waals surface area contributed by atoms with Gasteiger partial charge in [0.1, 0.15) is 10.9 Å². The molecule has 0 aliphatic carbocycles. The van der Waals surface area contributed by atoms with Crippen molar-refractivity contribution < 1.29 is 4.74 Å². The number of methoxy groups -OCH3 is 1. The van der Waals surface area contributed by atoms with Gasteiger partial charge in [0, 0.05) is 9.86 Å². The number of fused-ring (bicyclic) bond motifs is 1. The van der Waals surface area contributed by atoms with E-state index in [4.69, 9.17) is 16.3 Å². The molecule has 1 heterocycles. The molecule has 0 amide bonds. The van der Waals surface area contributed by atoms with Crippen molar-refractivity contribution in [1.82, 2.24) is 9.97 Å². The van der Waals surface area contributed by atoms with Gasteiger partial charge in [0.2, 0.25) is 0 Å². The molecule has 0 aliphatic heterocycles. The Morgan fingerprint density at radius 3 is 2.67 bits per heavy atom. The zero-order valence-electron chi connectivity index (χ0n) is 11.5. The summed E-state index contributed by atoms with van der Waals surface area (Å²) in [7, 11) is 1.63. The van der Waals surface area contributed by atoms with Gasteiger partial charge in [-0.3, -0.25) is 0 Å². The Labute approximate surface area is 136 Å². The van der Waals surface area contributed by atoms with E-state index < -0.39 is 0 Å². The maximum atomic E-state index is 6.34. The van der Waals surface area contributed by atoms with Crippen molar-refractivity contribution in [3.8, 4) is 17.1 Å². The Bertz CT molecular complexity index is 836. The van der Waals surface area contributed by atoms with Crippen LogP contribution in [0.5, 0.6) is 5.75 Å². The monoisotopic (exact) mass is 362 g/mol. The fraction of sp³-hybridized carbons (Fsp3) is 0.125. The molecule has 0 saturated carbocycles. The molecular formula is C16H12BrClN2O. The van der Waals surface area contributed by atoms with E-state index in [0.717, 1.165) is 32.3 Å². The van der Waals surface area contributed by atoms with Crippen molar-refractivity contribution in [3.63, 3.8) is 0 Å². The van der Waals surface area contributed by atoms with Gasteiger partial charge in [0.25, 0.3) is 0 Å². The second-order valence-electron chi connectivity index (χ2n) is 4.66. The lowest BCUT2D eigenvalue weighted by atomic mass is 10.1. The summed E-state index contributed by atoms with van der Waals surface area (Å²) in [6, 6.07) is 11.6. The van der Waals surface area contributed by atoms with E-state index in [2.05, 4.69) is 25.9 Å². The maximum absolute atomic E-state index is 6.34. The summed E-state index contributed by atoms with van der Waals surface area (Å²) in [5.74, 6) is 1.29. The molecule has 0 fully saturated rings. The van der Waals surface area contributed by atoms with Crippen molar-refractivity contribution >= 4 is 38.4 Å². The fourth-order valence-electron chi connectivity index (χ4n) is 2.28. The number of para-hydroxylation sites is 1. The summed E-state index contributed by atoms with van der Waals surface area (Å²) in [4.78, 5) is 9.08. The van der Waals surface area contributed by atoms with Gasteiger partial charge in [0.15, 0.2) is 5.82 Å². The van der Waals surface area contributed by atoms with Crippen LogP contribution in [0.25, 0.3) is 22.3 Å². The fourth-order valence-corrected chi connectivity index (χ4v) is 3.07. The molecule has 0 N–H and O–H groups in total. The van der Waals surface area contributed by atoms with Crippen LogP contribution in [0.3, 0.4) is 0 Å². The van der Waals surface area contributed by atoms with Crippen LogP contribution < -0.4 is 4.74 Å². The molecule has 0 bridgehead atoms. The van der Waals surface area contributed by atoms with Crippen LogP contribution in [0.2, 0.25) is 5.15 Å². The molecule has 1 aromatic heterocycles. The second-order valence-corrected chi connectivity index (χ2v) is 5.93. The lowest BCUT2D eigenvalue weighted by Crippen LogP contribution is -1.96. The molecule has 0 saturated heterocycles. The number of halogens is 2. The highest BCUT2D eigenvalue weighted by Gasteiger charge is 2.13. The average molecular weight is 364 g/mol. The number of hydrogen-bond donors (Lipinski definition) is 0. The summed E-state index contributed by atoms with van der Waals surface area (Å²) < 4.78 is 6.33. The minimum atomic E-state index is 0.435. The Morgan fingerprint density at radius 1 is 1.14 bits per heavy atom. The van der Waals surface area contributed by atoms with Gasteiger partial charge < -0.3 is 4.74 Å². The molecule has 0 radical (unpaired) electrons. The quantitative estimate of drug-likeness (QED) is 0.599. The SMILES string of the molecule is COc1ccccc1-c1nc(Cl)c2cc(Br)cc(C)c2n1. The van der Waals surface area contributed by atoms with Crippen LogP contribution in [0.15, 0.2) is 40.9 Å². The first-order valence-electron chi connectivity index (χ1n) is 6.37. The molecule has 106 valence electrons. The van der Waals surface area contributed by atoms with Crippen molar-refractivity contribution in [3.05, 3.63) is 51.6 Å². The van der Waals surface area contributed by atoms with Crippen LogP contribution in [0.4, 0.5) is 0 Å². The summed E-state index contributed by atoms with van der Waals surface area (Å²) in [5.41, 5.74) is 2.71. The van der Waals surface area contributed by atoms with Crippen molar-refractivity contribution in [2.45, 2.75) is 6.92 Å². The van der Waals surface area contributed by atoms with Crippen LogP contribution in [0, 0.1) is 6.92 Å². The van der Waals surface area contributed by atoms with E-state index in [9.17, 15) is 0 Å². The van der Waals surface area contributed by atoms with Crippen LogP contribution in [0.1, 0.15) is 5.56 Å². The van der Waals surface area contributed by atoms with E-state index >= 15 is 0 Å². The molecule has 5 heteroatoms. The number of hydrogen-bond acceptors (Lipinski definition) is 3. The first-order valence-corrected chi connectivity index (χ1v) is 7.54. The zero-order chi connectivity index (χ0) is 15.0. The highest BCUT2D eigenvalue weighted by molar-refractivity contribution is 9.10. The molecule has 3 nitrogen and oxygen atoms in total. The molecule has 0 unspecified atom stereocenters. The van der Waals surface area contributed by atoms with Crippen molar-refractivity contribution in [1.29, 1.82) is 0 Å². The van der Waals surface area contributed by atoms with Gasteiger partial charge in [0.05, 0.1) is 18.2 Å². The smallest absolute Gasteiger partial charge is 0.165 e. The lowest BCUT2D eigenvalue weighted by Gasteiger charge is -2.10. The maximum Gasteiger partial charge on any atom is 0.165 e. The Balaban J connectivity index is 2.30. The minimum absolute atomic E-state index is 0.435.